The molecule has 0 aliphatic carbocycles. The Morgan fingerprint density at radius 3 is 2.73 bits per heavy atom. The summed E-state index contributed by atoms with van der Waals surface area (Å²) in [6, 6.07) is 0. The number of nitrogens with zero attached hydrogens (tertiary/aromatic N) is 2. The Balaban J connectivity index is 2.45. The van der Waals surface area contributed by atoms with Crippen molar-refractivity contribution in [3.05, 3.63) is 0 Å². The van der Waals surface area contributed by atoms with Gasteiger partial charge in [0.25, 0.3) is 0 Å². The van der Waals surface area contributed by atoms with Gasteiger partial charge in [0, 0.05) is 19.6 Å². The molecule has 0 amide bonds. The highest BCUT2D eigenvalue weighted by Gasteiger charge is 2.37. The Labute approximate surface area is 91.9 Å². The van der Waals surface area contributed by atoms with Gasteiger partial charge in [-0.1, -0.05) is 0 Å². The smallest absolute Gasteiger partial charge is 0.310 e. The van der Waals surface area contributed by atoms with Crippen LogP contribution in [0.25, 0.3) is 0 Å². The molecule has 1 aliphatic heterocycles. The van der Waals surface area contributed by atoms with E-state index in [0.717, 1.165) is 32.5 Å². The highest BCUT2D eigenvalue weighted by Crippen LogP contribution is 2.29. The first-order valence-corrected chi connectivity index (χ1v) is 5.54. The maximum atomic E-state index is 11.1. The van der Waals surface area contributed by atoms with Crippen molar-refractivity contribution in [2.24, 2.45) is 5.41 Å². The molecule has 1 saturated heterocycles. The van der Waals surface area contributed by atoms with Crippen LogP contribution in [-0.4, -0.2) is 61.2 Å². The molecule has 0 saturated carbocycles. The van der Waals surface area contributed by atoms with Crippen LogP contribution in [0.4, 0.5) is 0 Å². The third-order valence-electron chi connectivity index (χ3n) is 3.16. The number of carboxylic acids is 1. The van der Waals surface area contributed by atoms with E-state index in [1.807, 2.05) is 21.0 Å². The van der Waals surface area contributed by atoms with Crippen LogP contribution < -0.4 is 0 Å². The largest absolute Gasteiger partial charge is 0.481 e. The van der Waals surface area contributed by atoms with Crippen molar-refractivity contribution >= 4 is 5.97 Å². The SMILES string of the molecule is CN(C)CCN1CCCC(C)(C(=O)O)C1. The predicted molar refractivity (Wildman–Crippen MR) is 60.0 cm³/mol. The van der Waals surface area contributed by atoms with Crippen molar-refractivity contribution in [2.45, 2.75) is 19.8 Å². The van der Waals surface area contributed by atoms with E-state index in [0.29, 0.717) is 6.54 Å². The number of carbonyl (C=O) groups is 1. The van der Waals surface area contributed by atoms with Crippen LogP contribution in [0.2, 0.25) is 0 Å². The van der Waals surface area contributed by atoms with E-state index in [9.17, 15) is 4.79 Å². The lowest BCUT2D eigenvalue weighted by Gasteiger charge is -2.37. The number of hydrogen-bond donors (Lipinski definition) is 1. The molecule has 15 heavy (non-hydrogen) atoms. The Hall–Kier alpha value is -0.610. The van der Waals surface area contributed by atoms with Gasteiger partial charge in [0.05, 0.1) is 5.41 Å². The van der Waals surface area contributed by atoms with Crippen molar-refractivity contribution in [3.63, 3.8) is 0 Å². The summed E-state index contributed by atoms with van der Waals surface area (Å²) in [7, 11) is 4.08. The monoisotopic (exact) mass is 214 g/mol. The standard InChI is InChI=1S/C11H22N2O2/c1-11(10(14)15)5-4-6-13(9-11)8-7-12(2)3/h4-9H2,1-3H3,(H,14,15). The second kappa shape index (κ2) is 4.94. The molecule has 1 aliphatic rings. The summed E-state index contributed by atoms with van der Waals surface area (Å²) >= 11 is 0. The van der Waals surface area contributed by atoms with Crippen molar-refractivity contribution < 1.29 is 9.90 Å². The number of rotatable bonds is 4. The van der Waals surface area contributed by atoms with Gasteiger partial charge >= 0.3 is 5.97 Å². The van der Waals surface area contributed by atoms with Gasteiger partial charge in [0.15, 0.2) is 0 Å². The minimum atomic E-state index is -0.656. The van der Waals surface area contributed by atoms with Crippen LogP contribution in [0.15, 0.2) is 0 Å². The van der Waals surface area contributed by atoms with Gasteiger partial charge < -0.3 is 14.9 Å². The van der Waals surface area contributed by atoms with Gasteiger partial charge in [-0.3, -0.25) is 4.79 Å². The van der Waals surface area contributed by atoms with Gasteiger partial charge in [-0.15, -0.1) is 0 Å². The average Bonchev–Trinajstić information content (AvgIpc) is 2.15. The second-order valence-electron chi connectivity index (χ2n) is 5.05. The fourth-order valence-electron chi connectivity index (χ4n) is 2.05. The number of likely N-dealkylation sites (tertiary alicyclic amines) is 1. The average molecular weight is 214 g/mol. The normalized spacial score (nSPS) is 28.3. The lowest BCUT2D eigenvalue weighted by molar-refractivity contribution is -0.151. The van der Waals surface area contributed by atoms with E-state index in [-0.39, 0.29) is 0 Å². The van der Waals surface area contributed by atoms with Gasteiger partial charge in [0.2, 0.25) is 0 Å². The first-order chi connectivity index (χ1) is 6.94. The molecule has 1 N–H and O–H groups in total. The van der Waals surface area contributed by atoms with Crippen LogP contribution in [-0.2, 0) is 4.79 Å². The molecule has 1 fully saturated rings. The van der Waals surface area contributed by atoms with Crippen LogP contribution >= 0.6 is 0 Å². The molecule has 1 atom stereocenters. The summed E-state index contributed by atoms with van der Waals surface area (Å²) in [5.41, 5.74) is -0.537. The van der Waals surface area contributed by atoms with E-state index < -0.39 is 11.4 Å². The summed E-state index contributed by atoms with van der Waals surface area (Å²) in [4.78, 5) is 15.5. The molecule has 0 aromatic rings. The van der Waals surface area contributed by atoms with Crippen LogP contribution in [0.3, 0.4) is 0 Å². The Morgan fingerprint density at radius 2 is 2.20 bits per heavy atom. The lowest BCUT2D eigenvalue weighted by Crippen LogP contribution is -2.47. The highest BCUT2D eigenvalue weighted by atomic mass is 16.4. The fraction of sp³-hybridized carbons (Fsp3) is 0.909. The predicted octanol–water partition coefficient (Wildman–Crippen LogP) is 0.735. The van der Waals surface area contributed by atoms with Gasteiger partial charge in [-0.2, -0.15) is 0 Å². The maximum absolute atomic E-state index is 11.1. The first-order valence-electron chi connectivity index (χ1n) is 5.54. The van der Waals surface area contributed by atoms with Gasteiger partial charge in [0.1, 0.15) is 0 Å². The van der Waals surface area contributed by atoms with E-state index in [1.165, 1.54) is 0 Å². The number of aliphatic carboxylic acids is 1. The molecule has 0 spiro atoms. The quantitative estimate of drug-likeness (QED) is 0.749. The summed E-state index contributed by atoms with van der Waals surface area (Å²) in [5, 5.41) is 9.16. The fourth-order valence-corrected chi connectivity index (χ4v) is 2.05. The van der Waals surface area contributed by atoms with Crippen molar-refractivity contribution in [1.29, 1.82) is 0 Å². The zero-order valence-electron chi connectivity index (χ0n) is 9.99. The van der Waals surface area contributed by atoms with Gasteiger partial charge in [-0.05, 0) is 40.4 Å². The van der Waals surface area contributed by atoms with Crippen molar-refractivity contribution in [1.82, 2.24) is 9.80 Å². The lowest BCUT2D eigenvalue weighted by atomic mass is 9.82. The van der Waals surface area contributed by atoms with Crippen LogP contribution in [0.5, 0.6) is 0 Å². The molecule has 0 bridgehead atoms. The van der Waals surface area contributed by atoms with Crippen LogP contribution in [0, 0.1) is 5.41 Å². The second-order valence-corrected chi connectivity index (χ2v) is 5.05. The van der Waals surface area contributed by atoms with E-state index in [4.69, 9.17) is 5.11 Å². The minimum Gasteiger partial charge on any atom is -0.481 e. The minimum absolute atomic E-state index is 0.537. The Bertz CT molecular complexity index is 231. The topological polar surface area (TPSA) is 43.8 Å². The number of likely N-dealkylation sites (N-methyl/N-ethyl adjacent to an activating group) is 1. The Kier molecular flexibility index (Phi) is 4.11. The van der Waals surface area contributed by atoms with E-state index >= 15 is 0 Å². The first kappa shape index (κ1) is 12.5. The maximum Gasteiger partial charge on any atom is 0.310 e. The third-order valence-corrected chi connectivity index (χ3v) is 3.16. The molecule has 0 radical (unpaired) electrons. The summed E-state index contributed by atoms with van der Waals surface area (Å²) < 4.78 is 0. The molecule has 4 nitrogen and oxygen atoms in total. The molecule has 1 rings (SSSR count). The summed E-state index contributed by atoms with van der Waals surface area (Å²) in [6.45, 7) is 5.55. The molecule has 1 heterocycles. The van der Waals surface area contributed by atoms with E-state index in [2.05, 4.69) is 9.80 Å². The van der Waals surface area contributed by atoms with Crippen molar-refractivity contribution in [3.8, 4) is 0 Å². The molecular formula is C11H22N2O2. The van der Waals surface area contributed by atoms with Crippen molar-refractivity contribution in [2.75, 3.05) is 40.3 Å². The molecular weight excluding hydrogens is 192 g/mol. The Morgan fingerprint density at radius 1 is 1.53 bits per heavy atom. The van der Waals surface area contributed by atoms with E-state index in [1.54, 1.807) is 0 Å². The third kappa shape index (κ3) is 3.47. The zero-order valence-corrected chi connectivity index (χ0v) is 9.99. The summed E-state index contributed by atoms with van der Waals surface area (Å²) in [5.74, 6) is -0.656. The number of carboxylic acid groups (broad SMARTS) is 1. The molecule has 0 aromatic heterocycles. The zero-order chi connectivity index (χ0) is 11.5. The number of hydrogen-bond acceptors (Lipinski definition) is 3. The number of piperidine rings is 1. The van der Waals surface area contributed by atoms with Crippen LogP contribution in [0.1, 0.15) is 19.8 Å². The summed E-state index contributed by atoms with van der Waals surface area (Å²) in [6.07, 6.45) is 1.80. The molecule has 4 heteroatoms. The molecule has 88 valence electrons. The highest BCUT2D eigenvalue weighted by molar-refractivity contribution is 5.74. The molecule has 0 aromatic carbocycles. The van der Waals surface area contributed by atoms with Gasteiger partial charge in [-0.25, -0.2) is 0 Å². The molecule has 1 unspecified atom stereocenters.